The normalized spacial score (nSPS) is 12.2. The third-order valence-electron chi connectivity index (χ3n) is 3.19. The van der Waals surface area contributed by atoms with Crippen molar-refractivity contribution < 1.29 is 27.3 Å². The average Bonchev–Trinajstić information content (AvgIpc) is 2.40. The van der Waals surface area contributed by atoms with Crippen molar-refractivity contribution in [3.05, 3.63) is 0 Å². The summed E-state index contributed by atoms with van der Waals surface area (Å²) < 4.78 is 0. The van der Waals surface area contributed by atoms with E-state index in [-0.39, 0.29) is 17.1 Å². The minimum atomic E-state index is -0.658. The Kier molecular flexibility index (Phi) is 16.1. The van der Waals surface area contributed by atoms with Crippen LogP contribution in [0, 0.1) is 0 Å². The van der Waals surface area contributed by atoms with E-state index in [9.17, 15) is 10.2 Å². The summed E-state index contributed by atoms with van der Waals surface area (Å²) >= 11 is 0. The summed E-state index contributed by atoms with van der Waals surface area (Å²) in [4.78, 5) is 7.55. The van der Waals surface area contributed by atoms with Crippen molar-refractivity contribution in [2.75, 3.05) is 14.1 Å². The molecule has 2 N–H and O–H groups in total. The summed E-state index contributed by atoms with van der Waals surface area (Å²) in [6, 6.07) is 0. The van der Waals surface area contributed by atoms with Crippen LogP contribution in [-0.4, -0.2) is 47.9 Å². The fourth-order valence-corrected chi connectivity index (χ4v) is 1.35. The summed E-state index contributed by atoms with van der Waals surface area (Å²) in [6.07, 6.45) is 6.16. The van der Waals surface area contributed by atoms with Crippen LogP contribution in [0.15, 0.2) is 9.98 Å². The van der Waals surface area contributed by atoms with Crippen LogP contribution < -0.4 is 0 Å². The van der Waals surface area contributed by atoms with Gasteiger partial charge < -0.3 is 10.2 Å². The summed E-state index contributed by atoms with van der Waals surface area (Å²) in [7, 11) is 3.35. The first-order chi connectivity index (χ1) is 8.36. The van der Waals surface area contributed by atoms with E-state index in [0.717, 1.165) is 25.7 Å². The second-order valence-corrected chi connectivity index (χ2v) is 4.40. The Bertz CT molecular complexity index is 222. The molecular weight excluding hydrogens is 292 g/mol. The first-order valence-electron chi connectivity index (χ1n) is 6.68. The molecule has 0 aromatic rings. The van der Waals surface area contributed by atoms with Gasteiger partial charge in [0.15, 0.2) is 0 Å². The Hall–Kier alpha value is -0.221. The van der Waals surface area contributed by atoms with Crippen LogP contribution in [-0.2, 0) is 17.1 Å². The van der Waals surface area contributed by atoms with Gasteiger partial charge in [0.25, 0.3) is 0 Å². The molecule has 0 aromatic heterocycles. The van der Waals surface area contributed by atoms with Crippen LogP contribution >= 0.6 is 0 Å². The minimum absolute atomic E-state index is 0. The van der Waals surface area contributed by atoms with E-state index in [1.807, 2.05) is 27.7 Å². The van der Waals surface area contributed by atoms with Gasteiger partial charge in [-0.1, -0.05) is 27.7 Å². The van der Waals surface area contributed by atoms with Gasteiger partial charge in [0.05, 0.1) is 11.2 Å². The number of nitrogens with zero attached hydrogens (tertiary/aromatic N) is 2. The fraction of sp³-hybridized carbons (Fsp3) is 0.857. The molecule has 0 spiro atoms. The van der Waals surface area contributed by atoms with E-state index < -0.39 is 11.2 Å². The first kappa shape index (κ1) is 23.8. The van der Waals surface area contributed by atoms with E-state index in [0.29, 0.717) is 0 Å². The maximum Gasteiger partial charge on any atom is 0.0987 e. The maximum atomic E-state index is 9.48. The largest absolute Gasteiger partial charge is 0.384 e. The van der Waals surface area contributed by atoms with Crippen molar-refractivity contribution in [2.24, 2.45) is 9.98 Å². The molecule has 0 atom stereocenters. The summed E-state index contributed by atoms with van der Waals surface area (Å²) in [6.45, 7) is 7.80. The molecule has 0 fully saturated rings. The van der Waals surface area contributed by atoms with Crippen LogP contribution in [0.1, 0.15) is 53.4 Å². The molecule has 5 heteroatoms. The van der Waals surface area contributed by atoms with Crippen LogP contribution in [0.4, 0.5) is 0 Å². The topological polar surface area (TPSA) is 65.2 Å². The Morgan fingerprint density at radius 3 is 1.00 bits per heavy atom. The van der Waals surface area contributed by atoms with Gasteiger partial charge in [-0.3, -0.25) is 9.98 Å². The molecule has 0 aliphatic rings. The molecule has 1 radical (unpaired) electrons. The third kappa shape index (κ3) is 11.3. The molecular formula is C14H30CuN2O2. The Balaban J connectivity index is -0.000000256. The van der Waals surface area contributed by atoms with Crippen molar-refractivity contribution in [1.82, 2.24) is 0 Å². The molecule has 0 bridgehead atoms. The molecule has 0 amide bonds. The van der Waals surface area contributed by atoms with Crippen LogP contribution in [0.3, 0.4) is 0 Å². The molecule has 0 saturated heterocycles. The van der Waals surface area contributed by atoms with Gasteiger partial charge in [0.2, 0.25) is 0 Å². The van der Waals surface area contributed by atoms with E-state index in [4.69, 9.17) is 0 Å². The van der Waals surface area contributed by atoms with Crippen LogP contribution in [0.25, 0.3) is 0 Å². The number of aliphatic hydroxyl groups is 2. The Morgan fingerprint density at radius 2 is 0.947 bits per heavy atom. The summed E-state index contributed by atoms with van der Waals surface area (Å²) in [5.74, 6) is 0. The molecule has 0 aliphatic carbocycles. The zero-order valence-electron chi connectivity index (χ0n) is 13.1. The van der Waals surface area contributed by atoms with E-state index in [2.05, 4.69) is 9.98 Å². The van der Waals surface area contributed by atoms with Gasteiger partial charge in [-0.15, -0.1) is 0 Å². The predicted molar refractivity (Wildman–Crippen MR) is 79.9 cm³/mol. The monoisotopic (exact) mass is 321 g/mol. The molecule has 0 unspecified atom stereocenters. The van der Waals surface area contributed by atoms with Gasteiger partial charge in [-0.05, 0) is 25.7 Å². The number of hydrogen-bond donors (Lipinski definition) is 2. The molecule has 0 aliphatic heterocycles. The van der Waals surface area contributed by atoms with Crippen molar-refractivity contribution >= 4 is 12.4 Å². The predicted octanol–water partition coefficient (Wildman–Crippen LogP) is 2.47. The van der Waals surface area contributed by atoms with E-state index in [1.54, 1.807) is 26.5 Å². The third-order valence-corrected chi connectivity index (χ3v) is 3.19. The Morgan fingerprint density at radius 1 is 0.737 bits per heavy atom. The van der Waals surface area contributed by atoms with E-state index >= 15 is 0 Å². The molecule has 4 nitrogen and oxygen atoms in total. The zero-order valence-corrected chi connectivity index (χ0v) is 14.0. The summed E-state index contributed by atoms with van der Waals surface area (Å²) in [5.41, 5.74) is -1.32. The number of aliphatic imine (C=N–C) groups is 2. The molecule has 0 saturated carbocycles. The summed E-state index contributed by atoms with van der Waals surface area (Å²) in [5, 5.41) is 19.0. The molecule has 0 aromatic carbocycles. The van der Waals surface area contributed by atoms with Crippen LogP contribution in [0.2, 0.25) is 0 Å². The molecule has 119 valence electrons. The molecule has 0 rings (SSSR count). The standard InChI is InChI=1S/2C7H15NO.Cu/c2*1-4-7(9,5-2)6-8-3;/h2*6,9H,4-5H2,1-3H3;. The zero-order chi connectivity index (χ0) is 14.7. The van der Waals surface area contributed by atoms with Crippen molar-refractivity contribution in [3.63, 3.8) is 0 Å². The number of rotatable bonds is 6. The molecule has 19 heavy (non-hydrogen) atoms. The second-order valence-electron chi connectivity index (χ2n) is 4.40. The van der Waals surface area contributed by atoms with Crippen molar-refractivity contribution in [3.8, 4) is 0 Å². The van der Waals surface area contributed by atoms with Crippen molar-refractivity contribution in [2.45, 2.75) is 64.6 Å². The fourth-order valence-electron chi connectivity index (χ4n) is 1.35. The molecule has 0 heterocycles. The SMILES string of the molecule is CCC(O)(C=NC)CC.CCC(O)(C=NC)CC.[Cu]. The van der Waals surface area contributed by atoms with Crippen molar-refractivity contribution in [1.29, 1.82) is 0 Å². The quantitative estimate of drug-likeness (QED) is 0.583. The second kappa shape index (κ2) is 12.8. The van der Waals surface area contributed by atoms with Gasteiger partial charge in [-0.2, -0.15) is 0 Å². The van der Waals surface area contributed by atoms with Crippen LogP contribution in [0.5, 0.6) is 0 Å². The minimum Gasteiger partial charge on any atom is -0.384 e. The number of hydrogen-bond acceptors (Lipinski definition) is 4. The van der Waals surface area contributed by atoms with Gasteiger partial charge in [-0.25, -0.2) is 0 Å². The van der Waals surface area contributed by atoms with Gasteiger partial charge in [0.1, 0.15) is 0 Å². The Labute approximate surface area is 128 Å². The maximum absolute atomic E-state index is 9.48. The average molecular weight is 322 g/mol. The van der Waals surface area contributed by atoms with Gasteiger partial charge in [0, 0.05) is 43.6 Å². The first-order valence-corrected chi connectivity index (χ1v) is 6.68. The smallest absolute Gasteiger partial charge is 0.0987 e. The van der Waals surface area contributed by atoms with E-state index in [1.165, 1.54) is 0 Å². The van der Waals surface area contributed by atoms with Gasteiger partial charge >= 0.3 is 0 Å².